The van der Waals surface area contributed by atoms with Crippen molar-refractivity contribution < 1.29 is 13.5 Å². The standard InChI is InChI=1S/C15H24N2O3S/c1-3-8-16-14-6-4-5-7-15(14)21(19,20)17(2)11-12-9-13(18)10-12/h4-7,12-13,16,18H,3,8-11H2,1-2H3. The van der Waals surface area contributed by atoms with Crippen molar-refractivity contribution in [1.82, 2.24) is 4.31 Å². The lowest BCUT2D eigenvalue weighted by molar-refractivity contribution is 0.0367. The van der Waals surface area contributed by atoms with Crippen molar-refractivity contribution in [2.75, 3.05) is 25.5 Å². The van der Waals surface area contributed by atoms with Crippen molar-refractivity contribution in [2.24, 2.45) is 5.92 Å². The minimum atomic E-state index is -3.50. The molecule has 6 heteroatoms. The van der Waals surface area contributed by atoms with Crippen molar-refractivity contribution in [3.8, 4) is 0 Å². The lowest BCUT2D eigenvalue weighted by atomic mass is 9.82. The molecule has 0 atom stereocenters. The fourth-order valence-corrected chi connectivity index (χ4v) is 3.99. The third kappa shape index (κ3) is 3.75. The molecule has 0 aromatic heterocycles. The first-order valence-electron chi connectivity index (χ1n) is 7.42. The quantitative estimate of drug-likeness (QED) is 0.807. The van der Waals surface area contributed by atoms with Crippen LogP contribution in [0.4, 0.5) is 5.69 Å². The van der Waals surface area contributed by atoms with E-state index in [0.717, 1.165) is 13.0 Å². The minimum Gasteiger partial charge on any atom is -0.393 e. The van der Waals surface area contributed by atoms with Gasteiger partial charge >= 0.3 is 0 Å². The Balaban J connectivity index is 2.14. The zero-order valence-corrected chi connectivity index (χ0v) is 13.4. The highest BCUT2D eigenvalue weighted by molar-refractivity contribution is 7.89. The first-order valence-corrected chi connectivity index (χ1v) is 8.86. The predicted molar refractivity (Wildman–Crippen MR) is 83.8 cm³/mol. The van der Waals surface area contributed by atoms with Crippen LogP contribution >= 0.6 is 0 Å². The monoisotopic (exact) mass is 312 g/mol. The SMILES string of the molecule is CCCNc1ccccc1S(=O)(=O)N(C)CC1CC(O)C1. The van der Waals surface area contributed by atoms with Gasteiger partial charge in [0.1, 0.15) is 4.90 Å². The van der Waals surface area contributed by atoms with E-state index in [1.54, 1.807) is 25.2 Å². The molecule has 1 aromatic carbocycles. The van der Waals surface area contributed by atoms with Gasteiger partial charge in [0.25, 0.3) is 0 Å². The first-order chi connectivity index (χ1) is 9.95. The Bertz CT molecular complexity index is 568. The Morgan fingerprint density at radius 3 is 2.62 bits per heavy atom. The molecule has 1 fully saturated rings. The van der Waals surface area contributed by atoms with E-state index < -0.39 is 10.0 Å². The molecule has 2 rings (SSSR count). The summed E-state index contributed by atoms with van der Waals surface area (Å²) in [5.41, 5.74) is 0.653. The number of nitrogens with zero attached hydrogens (tertiary/aromatic N) is 1. The molecule has 0 heterocycles. The van der Waals surface area contributed by atoms with Crippen molar-refractivity contribution in [3.05, 3.63) is 24.3 Å². The maximum absolute atomic E-state index is 12.7. The average Bonchev–Trinajstić information content (AvgIpc) is 2.43. The molecule has 0 radical (unpaired) electrons. The van der Waals surface area contributed by atoms with Crippen LogP contribution in [0.5, 0.6) is 0 Å². The van der Waals surface area contributed by atoms with Gasteiger partial charge in [-0.2, -0.15) is 0 Å². The normalized spacial score (nSPS) is 22.1. The summed E-state index contributed by atoms with van der Waals surface area (Å²) < 4.78 is 26.8. The topological polar surface area (TPSA) is 69.6 Å². The van der Waals surface area contributed by atoms with Gasteiger partial charge in [0.05, 0.1) is 11.8 Å². The summed E-state index contributed by atoms with van der Waals surface area (Å²) in [5, 5.41) is 12.5. The molecule has 0 bridgehead atoms. The van der Waals surface area contributed by atoms with E-state index in [2.05, 4.69) is 5.32 Å². The number of aliphatic hydroxyl groups excluding tert-OH is 1. The van der Waals surface area contributed by atoms with Gasteiger partial charge in [0, 0.05) is 20.1 Å². The number of hydrogen-bond donors (Lipinski definition) is 2. The molecule has 0 amide bonds. The maximum Gasteiger partial charge on any atom is 0.244 e. The molecule has 5 nitrogen and oxygen atoms in total. The number of benzene rings is 1. The van der Waals surface area contributed by atoms with E-state index in [9.17, 15) is 13.5 Å². The van der Waals surface area contributed by atoms with Crippen molar-refractivity contribution in [2.45, 2.75) is 37.2 Å². The molecule has 0 spiro atoms. The van der Waals surface area contributed by atoms with Crippen LogP contribution in [0, 0.1) is 5.92 Å². The van der Waals surface area contributed by atoms with Crippen LogP contribution in [-0.2, 0) is 10.0 Å². The molecule has 0 aliphatic heterocycles. The van der Waals surface area contributed by atoms with Crippen LogP contribution in [-0.4, -0.2) is 44.1 Å². The molecule has 0 saturated heterocycles. The summed E-state index contributed by atoms with van der Waals surface area (Å²) in [5.74, 6) is 0.260. The van der Waals surface area contributed by atoms with Crippen LogP contribution in [0.15, 0.2) is 29.2 Å². The van der Waals surface area contributed by atoms with E-state index >= 15 is 0 Å². The molecule has 1 saturated carbocycles. The summed E-state index contributed by atoms with van der Waals surface area (Å²) in [6.07, 6.45) is 2.06. The predicted octanol–water partition coefficient (Wildman–Crippen LogP) is 1.90. The fourth-order valence-electron chi connectivity index (χ4n) is 2.58. The van der Waals surface area contributed by atoms with Gasteiger partial charge in [-0.25, -0.2) is 12.7 Å². The fraction of sp³-hybridized carbons (Fsp3) is 0.600. The highest BCUT2D eigenvalue weighted by Crippen LogP contribution is 2.30. The number of sulfonamides is 1. The third-order valence-corrected chi connectivity index (χ3v) is 5.75. The van der Waals surface area contributed by atoms with E-state index in [-0.39, 0.29) is 12.0 Å². The summed E-state index contributed by atoms with van der Waals surface area (Å²) in [4.78, 5) is 0.320. The Kier molecular flexibility index (Phi) is 5.24. The second-order valence-corrected chi connectivity index (χ2v) is 7.71. The number of anilines is 1. The molecule has 1 aromatic rings. The van der Waals surface area contributed by atoms with Gasteiger partial charge in [-0.3, -0.25) is 0 Å². The molecular weight excluding hydrogens is 288 g/mol. The van der Waals surface area contributed by atoms with Gasteiger partial charge in [-0.15, -0.1) is 0 Å². The number of hydrogen-bond acceptors (Lipinski definition) is 4. The van der Waals surface area contributed by atoms with Crippen LogP contribution in [0.3, 0.4) is 0 Å². The average molecular weight is 312 g/mol. The van der Waals surface area contributed by atoms with Crippen LogP contribution < -0.4 is 5.32 Å². The molecule has 118 valence electrons. The largest absolute Gasteiger partial charge is 0.393 e. The second-order valence-electron chi connectivity index (χ2n) is 5.70. The first kappa shape index (κ1) is 16.3. The number of nitrogens with one attached hydrogen (secondary N) is 1. The Labute approximate surface area is 127 Å². The highest BCUT2D eigenvalue weighted by Gasteiger charge is 2.32. The minimum absolute atomic E-state index is 0.260. The maximum atomic E-state index is 12.7. The number of rotatable bonds is 7. The molecule has 21 heavy (non-hydrogen) atoms. The Morgan fingerprint density at radius 2 is 2.00 bits per heavy atom. The lowest BCUT2D eigenvalue weighted by Crippen LogP contribution is -2.39. The van der Waals surface area contributed by atoms with Gasteiger partial charge in [-0.1, -0.05) is 19.1 Å². The van der Waals surface area contributed by atoms with E-state index in [1.807, 2.05) is 13.0 Å². The zero-order chi connectivity index (χ0) is 15.5. The smallest absolute Gasteiger partial charge is 0.244 e. The second kappa shape index (κ2) is 6.77. The Hall–Kier alpha value is -1.11. The molecule has 2 N–H and O–H groups in total. The van der Waals surface area contributed by atoms with Crippen molar-refractivity contribution in [1.29, 1.82) is 0 Å². The summed E-state index contributed by atoms with van der Waals surface area (Å²) in [7, 11) is -1.89. The van der Waals surface area contributed by atoms with Crippen LogP contribution in [0.2, 0.25) is 0 Å². The van der Waals surface area contributed by atoms with Gasteiger partial charge in [0.2, 0.25) is 10.0 Å². The van der Waals surface area contributed by atoms with E-state index in [0.29, 0.717) is 30.0 Å². The summed E-state index contributed by atoms with van der Waals surface area (Å²) in [6, 6.07) is 7.01. The van der Waals surface area contributed by atoms with E-state index in [4.69, 9.17) is 0 Å². The summed E-state index contributed by atoms with van der Waals surface area (Å²) >= 11 is 0. The highest BCUT2D eigenvalue weighted by atomic mass is 32.2. The number of aliphatic hydroxyl groups is 1. The van der Waals surface area contributed by atoms with Gasteiger partial charge < -0.3 is 10.4 Å². The van der Waals surface area contributed by atoms with Gasteiger partial charge in [0.15, 0.2) is 0 Å². The van der Waals surface area contributed by atoms with Crippen molar-refractivity contribution >= 4 is 15.7 Å². The molecular formula is C15H24N2O3S. The van der Waals surface area contributed by atoms with Crippen LogP contribution in [0.25, 0.3) is 0 Å². The molecule has 0 unspecified atom stereocenters. The third-order valence-electron chi connectivity index (χ3n) is 3.87. The summed E-state index contributed by atoms with van der Waals surface area (Å²) in [6.45, 7) is 3.24. The molecule has 1 aliphatic rings. The van der Waals surface area contributed by atoms with Crippen LogP contribution in [0.1, 0.15) is 26.2 Å². The van der Waals surface area contributed by atoms with Gasteiger partial charge in [-0.05, 0) is 37.3 Å². The zero-order valence-electron chi connectivity index (χ0n) is 12.6. The lowest BCUT2D eigenvalue weighted by Gasteiger charge is -2.34. The number of para-hydroxylation sites is 1. The Morgan fingerprint density at radius 1 is 1.33 bits per heavy atom. The van der Waals surface area contributed by atoms with Crippen molar-refractivity contribution in [3.63, 3.8) is 0 Å². The van der Waals surface area contributed by atoms with E-state index in [1.165, 1.54) is 4.31 Å². The molecule has 1 aliphatic carbocycles.